The summed E-state index contributed by atoms with van der Waals surface area (Å²) >= 11 is 0. The number of ketones is 1. The fourth-order valence-corrected chi connectivity index (χ4v) is 2.14. The van der Waals surface area contributed by atoms with E-state index in [2.05, 4.69) is 0 Å². The summed E-state index contributed by atoms with van der Waals surface area (Å²) in [4.78, 5) is 12.2. The lowest BCUT2D eigenvalue weighted by Crippen LogP contribution is -2.07. The van der Waals surface area contributed by atoms with Crippen molar-refractivity contribution in [3.05, 3.63) is 58.0 Å². The lowest BCUT2D eigenvalue weighted by molar-refractivity contribution is 0.0990. The molecule has 1 aromatic heterocycles. The van der Waals surface area contributed by atoms with E-state index in [9.17, 15) is 13.6 Å². The van der Waals surface area contributed by atoms with Gasteiger partial charge in [0.1, 0.15) is 23.2 Å². The minimum atomic E-state index is -0.578. The fourth-order valence-electron chi connectivity index (χ4n) is 2.14. The topological polar surface area (TPSA) is 30.2 Å². The summed E-state index contributed by atoms with van der Waals surface area (Å²) in [5, 5.41) is 0. The van der Waals surface area contributed by atoms with Gasteiger partial charge in [-0.1, -0.05) is 0 Å². The van der Waals surface area contributed by atoms with Crippen LogP contribution in [0.15, 0.2) is 22.6 Å². The fraction of sp³-hybridized carbons (Fsp3) is 0.267. The number of Topliss-reactive ketones (excluding diaryl/α,β-unsaturated/α-hetero) is 1. The van der Waals surface area contributed by atoms with Crippen LogP contribution >= 0.6 is 0 Å². The molecule has 100 valence electrons. The van der Waals surface area contributed by atoms with E-state index in [1.807, 2.05) is 0 Å². The van der Waals surface area contributed by atoms with Crippen LogP contribution in [0, 0.1) is 32.4 Å². The van der Waals surface area contributed by atoms with Gasteiger partial charge in [-0.2, -0.15) is 0 Å². The summed E-state index contributed by atoms with van der Waals surface area (Å²) in [7, 11) is 0. The Labute approximate surface area is 110 Å². The van der Waals surface area contributed by atoms with Crippen molar-refractivity contribution in [3.63, 3.8) is 0 Å². The normalized spacial score (nSPS) is 10.8. The SMILES string of the molecule is Cc1oc(C)c(C(=O)Cc2cc(F)ccc2F)c1C. The summed E-state index contributed by atoms with van der Waals surface area (Å²) in [5.74, 6) is -0.222. The highest BCUT2D eigenvalue weighted by Crippen LogP contribution is 2.23. The maximum absolute atomic E-state index is 13.5. The Morgan fingerprint density at radius 2 is 1.84 bits per heavy atom. The van der Waals surface area contributed by atoms with Crippen LogP contribution in [-0.2, 0) is 6.42 Å². The van der Waals surface area contributed by atoms with Gasteiger partial charge >= 0.3 is 0 Å². The number of rotatable bonds is 3. The summed E-state index contributed by atoms with van der Waals surface area (Å²) < 4.78 is 31.9. The van der Waals surface area contributed by atoms with Crippen LogP contribution in [0.25, 0.3) is 0 Å². The van der Waals surface area contributed by atoms with E-state index in [4.69, 9.17) is 4.42 Å². The number of carbonyl (C=O) groups is 1. The molecule has 0 N–H and O–H groups in total. The summed E-state index contributed by atoms with van der Waals surface area (Å²) in [5.41, 5.74) is 1.27. The Morgan fingerprint density at radius 3 is 2.42 bits per heavy atom. The largest absolute Gasteiger partial charge is 0.466 e. The highest BCUT2D eigenvalue weighted by molar-refractivity contribution is 5.99. The second-order valence-electron chi connectivity index (χ2n) is 4.55. The molecule has 0 radical (unpaired) electrons. The molecule has 1 heterocycles. The Bertz CT molecular complexity index is 642. The van der Waals surface area contributed by atoms with E-state index in [-0.39, 0.29) is 17.8 Å². The molecule has 0 aliphatic carbocycles. The van der Waals surface area contributed by atoms with Crippen LogP contribution in [0.1, 0.15) is 33.0 Å². The quantitative estimate of drug-likeness (QED) is 0.787. The van der Waals surface area contributed by atoms with Crippen LogP contribution in [0.5, 0.6) is 0 Å². The molecule has 19 heavy (non-hydrogen) atoms. The molecule has 0 saturated carbocycles. The van der Waals surface area contributed by atoms with Gasteiger partial charge in [0.15, 0.2) is 5.78 Å². The molecule has 2 aromatic rings. The van der Waals surface area contributed by atoms with Crippen molar-refractivity contribution >= 4 is 5.78 Å². The van der Waals surface area contributed by atoms with Crippen molar-refractivity contribution in [1.82, 2.24) is 0 Å². The third-order valence-electron chi connectivity index (χ3n) is 3.20. The zero-order valence-electron chi connectivity index (χ0n) is 11.0. The zero-order chi connectivity index (χ0) is 14.2. The Hall–Kier alpha value is -1.97. The van der Waals surface area contributed by atoms with Gasteiger partial charge in [0.25, 0.3) is 0 Å². The summed E-state index contributed by atoms with van der Waals surface area (Å²) in [6, 6.07) is 3.10. The van der Waals surface area contributed by atoms with Crippen LogP contribution in [-0.4, -0.2) is 5.78 Å². The average molecular weight is 264 g/mol. The third-order valence-corrected chi connectivity index (χ3v) is 3.20. The van der Waals surface area contributed by atoms with Crippen molar-refractivity contribution in [1.29, 1.82) is 0 Å². The number of aryl methyl sites for hydroxylation is 2. The maximum Gasteiger partial charge on any atom is 0.171 e. The number of halogens is 2. The van der Waals surface area contributed by atoms with Gasteiger partial charge in [-0.15, -0.1) is 0 Å². The first kappa shape index (κ1) is 13.5. The molecule has 0 atom stereocenters. The first-order valence-corrected chi connectivity index (χ1v) is 5.94. The van der Waals surface area contributed by atoms with E-state index in [1.165, 1.54) is 0 Å². The second kappa shape index (κ2) is 4.96. The van der Waals surface area contributed by atoms with Gasteiger partial charge in [-0.25, -0.2) is 8.78 Å². The second-order valence-corrected chi connectivity index (χ2v) is 4.55. The van der Waals surface area contributed by atoms with Gasteiger partial charge in [0.2, 0.25) is 0 Å². The summed E-state index contributed by atoms with van der Waals surface area (Å²) in [6.45, 7) is 5.23. The molecule has 2 rings (SSSR count). The van der Waals surface area contributed by atoms with E-state index in [0.29, 0.717) is 17.1 Å². The Kier molecular flexibility index (Phi) is 3.51. The number of carbonyl (C=O) groups excluding carboxylic acids is 1. The van der Waals surface area contributed by atoms with Gasteiger partial charge < -0.3 is 4.42 Å². The van der Waals surface area contributed by atoms with E-state index in [1.54, 1.807) is 20.8 Å². The van der Waals surface area contributed by atoms with Crippen molar-refractivity contribution in [3.8, 4) is 0 Å². The Morgan fingerprint density at radius 1 is 1.16 bits per heavy atom. The highest BCUT2D eigenvalue weighted by atomic mass is 19.1. The zero-order valence-corrected chi connectivity index (χ0v) is 11.0. The maximum atomic E-state index is 13.5. The minimum Gasteiger partial charge on any atom is -0.466 e. The van der Waals surface area contributed by atoms with Crippen LogP contribution in [0.4, 0.5) is 8.78 Å². The van der Waals surface area contributed by atoms with Crippen LogP contribution in [0.3, 0.4) is 0 Å². The van der Waals surface area contributed by atoms with Crippen molar-refractivity contribution in [2.24, 2.45) is 0 Å². The molecule has 0 spiro atoms. The van der Waals surface area contributed by atoms with Crippen LogP contribution < -0.4 is 0 Å². The number of hydrogen-bond donors (Lipinski definition) is 0. The van der Waals surface area contributed by atoms with Crippen molar-refractivity contribution in [2.45, 2.75) is 27.2 Å². The predicted molar refractivity (Wildman–Crippen MR) is 67.3 cm³/mol. The first-order valence-electron chi connectivity index (χ1n) is 5.94. The lowest BCUT2D eigenvalue weighted by atomic mass is 9.99. The highest BCUT2D eigenvalue weighted by Gasteiger charge is 2.20. The number of benzene rings is 1. The van der Waals surface area contributed by atoms with Gasteiger partial charge in [0.05, 0.1) is 5.56 Å². The molecule has 0 amide bonds. The van der Waals surface area contributed by atoms with E-state index < -0.39 is 11.6 Å². The molecular weight excluding hydrogens is 250 g/mol. The molecule has 2 nitrogen and oxygen atoms in total. The molecule has 0 bridgehead atoms. The molecule has 0 aliphatic heterocycles. The Balaban J connectivity index is 2.33. The minimum absolute atomic E-state index is 0.0580. The van der Waals surface area contributed by atoms with Gasteiger partial charge in [0, 0.05) is 12.0 Å². The molecular formula is C15H14F2O2. The predicted octanol–water partition coefficient (Wildman–Crippen LogP) is 3.91. The van der Waals surface area contributed by atoms with Crippen molar-refractivity contribution in [2.75, 3.05) is 0 Å². The van der Waals surface area contributed by atoms with Gasteiger partial charge in [-0.05, 0) is 44.5 Å². The average Bonchev–Trinajstić information content (AvgIpc) is 2.58. The molecule has 1 aromatic carbocycles. The molecule has 0 unspecified atom stereocenters. The van der Waals surface area contributed by atoms with E-state index >= 15 is 0 Å². The smallest absolute Gasteiger partial charge is 0.171 e. The van der Waals surface area contributed by atoms with Crippen LogP contribution in [0.2, 0.25) is 0 Å². The lowest BCUT2D eigenvalue weighted by Gasteiger charge is -2.03. The standard InChI is InChI=1S/C15H14F2O2/c1-8-9(2)19-10(3)15(8)14(18)7-11-6-12(16)4-5-13(11)17/h4-6H,7H2,1-3H3. The summed E-state index contributed by atoms with van der Waals surface area (Å²) in [6.07, 6.45) is -0.176. The molecule has 0 saturated heterocycles. The molecule has 0 aliphatic rings. The first-order chi connectivity index (χ1) is 8.90. The molecule has 4 heteroatoms. The molecule has 0 fully saturated rings. The van der Waals surface area contributed by atoms with Crippen molar-refractivity contribution < 1.29 is 18.0 Å². The van der Waals surface area contributed by atoms with E-state index in [0.717, 1.165) is 23.8 Å². The number of furan rings is 1. The number of hydrogen-bond acceptors (Lipinski definition) is 2. The van der Waals surface area contributed by atoms with Gasteiger partial charge in [-0.3, -0.25) is 4.79 Å². The monoisotopic (exact) mass is 264 g/mol. The third kappa shape index (κ3) is 2.57.